The Hall–Kier alpha value is -1.39. The van der Waals surface area contributed by atoms with E-state index in [0.29, 0.717) is 24.0 Å². The van der Waals surface area contributed by atoms with Crippen molar-refractivity contribution >= 4 is 5.97 Å². The zero-order chi connectivity index (χ0) is 17.1. The molecule has 0 spiro atoms. The van der Waals surface area contributed by atoms with Crippen LogP contribution < -0.4 is 4.74 Å². The Balaban J connectivity index is 1.68. The molecule has 3 aliphatic rings. The van der Waals surface area contributed by atoms with Crippen LogP contribution in [0.25, 0.3) is 0 Å². The van der Waals surface area contributed by atoms with E-state index >= 15 is 0 Å². The van der Waals surface area contributed by atoms with Crippen LogP contribution in [0.5, 0.6) is 5.75 Å². The van der Waals surface area contributed by atoms with Crippen LogP contribution in [0.4, 0.5) is 0 Å². The van der Waals surface area contributed by atoms with E-state index in [9.17, 15) is 15.0 Å². The molecule has 2 fully saturated rings. The Labute approximate surface area is 142 Å². The highest BCUT2D eigenvalue weighted by Crippen LogP contribution is 2.60. The smallest absolute Gasteiger partial charge is 0.308 e. The van der Waals surface area contributed by atoms with Crippen molar-refractivity contribution in [3.8, 4) is 5.75 Å². The van der Waals surface area contributed by atoms with Crippen LogP contribution in [-0.4, -0.2) is 28.4 Å². The third-order valence-electron chi connectivity index (χ3n) is 6.88. The molecule has 0 radical (unpaired) electrons. The number of benzene rings is 1. The Morgan fingerprint density at radius 3 is 2.79 bits per heavy atom. The topological polar surface area (TPSA) is 66.8 Å². The fourth-order valence-electron chi connectivity index (χ4n) is 5.84. The fraction of sp³-hybridized carbons (Fsp3) is 0.650. The van der Waals surface area contributed by atoms with E-state index < -0.39 is 6.10 Å². The molecule has 0 heterocycles. The minimum absolute atomic E-state index is 0.142. The van der Waals surface area contributed by atoms with Gasteiger partial charge in [0.25, 0.3) is 0 Å². The van der Waals surface area contributed by atoms with E-state index in [4.69, 9.17) is 4.74 Å². The van der Waals surface area contributed by atoms with Crippen molar-refractivity contribution in [1.29, 1.82) is 0 Å². The number of fused-ring (bicyclic) bond motifs is 5. The van der Waals surface area contributed by atoms with Gasteiger partial charge in [-0.2, -0.15) is 0 Å². The highest BCUT2D eigenvalue weighted by Gasteiger charge is 2.57. The van der Waals surface area contributed by atoms with Crippen molar-refractivity contribution < 1.29 is 19.7 Å². The maximum absolute atomic E-state index is 11.2. The molecule has 0 aliphatic heterocycles. The highest BCUT2D eigenvalue weighted by atomic mass is 16.5. The van der Waals surface area contributed by atoms with Gasteiger partial charge in [-0.3, -0.25) is 4.79 Å². The maximum atomic E-state index is 11.2. The molecule has 0 aromatic heterocycles. The lowest BCUT2D eigenvalue weighted by molar-refractivity contribution is -0.131. The van der Waals surface area contributed by atoms with E-state index in [1.807, 2.05) is 18.2 Å². The average molecular weight is 330 g/mol. The molecular formula is C20H26O4. The molecule has 1 aromatic rings. The molecular weight excluding hydrogens is 304 g/mol. The highest BCUT2D eigenvalue weighted by molar-refractivity contribution is 5.69. The van der Waals surface area contributed by atoms with Crippen LogP contribution in [0, 0.1) is 17.3 Å². The van der Waals surface area contributed by atoms with E-state index in [1.165, 1.54) is 18.1 Å². The van der Waals surface area contributed by atoms with E-state index in [1.54, 1.807) is 0 Å². The maximum Gasteiger partial charge on any atom is 0.308 e. The van der Waals surface area contributed by atoms with Gasteiger partial charge < -0.3 is 14.9 Å². The van der Waals surface area contributed by atoms with Gasteiger partial charge in [-0.25, -0.2) is 0 Å². The van der Waals surface area contributed by atoms with Gasteiger partial charge in [0.1, 0.15) is 5.75 Å². The van der Waals surface area contributed by atoms with Gasteiger partial charge in [-0.05, 0) is 72.6 Å². The summed E-state index contributed by atoms with van der Waals surface area (Å²) in [6.45, 7) is 3.57. The van der Waals surface area contributed by atoms with Crippen molar-refractivity contribution in [3.63, 3.8) is 0 Å². The molecule has 2 saturated carbocycles. The Bertz CT molecular complexity index is 670. The number of ether oxygens (including phenoxy) is 1. The van der Waals surface area contributed by atoms with Gasteiger partial charge in [0.05, 0.1) is 12.2 Å². The van der Waals surface area contributed by atoms with Gasteiger partial charge in [-0.1, -0.05) is 13.0 Å². The molecule has 0 bridgehead atoms. The van der Waals surface area contributed by atoms with Crippen LogP contribution in [0.15, 0.2) is 18.2 Å². The Morgan fingerprint density at radius 1 is 1.25 bits per heavy atom. The summed E-state index contributed by atoms with van der Waals surface area (Å²) in [7, 11) is 0. The molecule has 0 saturated heterocycles. The number of hydrogen-bond acceptors (Lipinski definition) is 4. The number of carbonyl (C=O) groups is 1. The molecule has 24 heavy (non-hydrogen) atoms. The normalized spacial score (nSPS) is 40.4. The summed E-state index contributed by atoms with van der Waals surface area (Å²) in [6, 6.07) is 5.82. The first-order valence-electron chi connectivity index (χ1n) is 9.07. The fourth-order valence-corrected chi connectivity index (χ4v) is 5.84. The van der Waals surface area contributed by atoms with Crippen LogP contribution in [0.3, 0.4) is 0 Å². The summed E-state index contributed by atoms with van der Waals surface area (Å²) in [5.74, 6) is 1.34. The number of aliphatic hydroxyl groups is 2. The first-order chi connectivity index (χ1) is 11.4. The van der Waals surface area contributed by atoms with E-state index in [-0.39, 0.29) is 23.4 Å². The number of aliphatic hydroxyl groups excluding tert-OH is 2. The lowest BCUT2D eigenvalue weighted by atomic mass is 9.54. The molecule has 0 amide bonds. The summed E-state index contributed by atoms with van der Waals surface area (Å²) >= 11 is 0. The van der Waals surface area contributed by atoms with Crippen molar-refractivity contribution in [2.45, 2.75) is 64.1 Å². The van der Waals surface area contributed by atoms with Gasteiger partial charge in [0.2, 0.25) is 0 Å². The van der Waals surface area contributed by atoms with Crippen molar-refractivity contribution in [3.05, 3.63) is 29.3 Å². The second-order valence-electron chi connectivity index (χ2n) is 8.16. The summed E-state index contributed by atoms with van der Waals surface area (Å²) in [5, 5.41) is 21.3. The van der Waals surface area contributed by atoms with Crippen molar-refractivity contribution in [2.24, 2.45) is 17.3 Å². The number of rotatable bonds is 1. The zero-order valence-electron chi connectivity index (χ0n) is 14.4. The minimum Gasteiger partial charge on any atom is -0.427 e. The predicted octanol–water partition coefficient (Wildman–Crippen LogP) is 2.80. The quantitative estimate of drug-likeness (QED) is 0.614. The Morgan fingerprint density at radius 2 is 2.04 bits per heavy atom. The third kappa shape index (κ3) is 2.31. The van der Waals surface area contributed by atoms with Crippen LogP contribution in [0.1, 0.15) is 56.6 Å². The largest absolute Gasteiger partial charge is 0.427 e. The number of aryl methyl sites for hydroxylation is 1. The van der Waals surface area contributed by atoms with Crippen LogP contribution in [0.2, 0.25) is 0 Å². The molecule has 4 heteroatoms. The van der Waals surface area contributed by atoms with Gasteiger partial charge in [0.15, 0.2) is 0 Å². The third-order valence-corrected chi connectivity index (χ3v) is 6.88. The monoisotopic (exact) mass is 330 g/mol. The number of hydrogen-bond donors (Lipinski definition) is 2. The van der Waals surface area contributed by atoms with Crippen LogP contribution in [-0.2, 0) is 11.2 Å². The van der Waals surface area contributed by atoms with E-state index in [0.717, 1.165) is 25.7 Å². The van der Waals surface area contributed by atoms with Gasteiger partial charge >= 0.3 is 5.97 Å². The van der Waals surface area contributed by atoms with Gasteiger partial charge in [0, 0.05) is 12.8 Å². The first kappa shape index (κ1) is 16.1. The number of esters is 1. The average Bonchev–Trinajstić information content (AvgIpc) is 2.81. The molecule has 4 rings (SSSR count). The van der Waals surface area contributed by atoms with E-state index in [2.05, 4.69) is 6.92 Å². The molecule has 2 N–H and O–H groups in total. The molecule has 130 valence electrons. The summed E-state index contributed by atoms with van der Waals surface area (Å²) in [4.78, 5) is 11.2. The molecule has 6 unspecified atom stereocenters. The second-order valence-corrected chi connectivity index (χ2v) is 8.16. The molecule has 1 aromatic carbocycles. The van der Waals surface area contributed by atoms with Crippen molar-refractivity contribution in [2.75, 3.05) is 0 Å². The molecule has 3 aliphatic carbocycles. The number of carbonyl (C=O) groups excluding carboxylic acids is 1. The SMILES string of the molecule is CC(=O)Oc1ccc2c(c1)CCC1C2C(O)CC2(C)C(O)CCC12. The van der Waals surface area contributed by atoms with Crippen LogP contribution >= 0.6 is 0 Å². The van der Waals surface area contributed by atoms with Gasteiger partial charge in [-0.15, -0.1) is 0 Å². The lowest BCUT2D eigenvalue weighted by Gasteiger charge is -2.52. The summed E-state index contributed by atoms with van der Waals surface area (Å²) in [6.07, 6.45) is 3.87. The molecule has 4 nitrogen and oxygen atoms in total. The first-order valence-corrected chi connectivity index (χ1v) is 9.07. The predicted molar refractivity (Wildman–Crippen MR) is 89.8 cm³/mol. The zero-order valence-corrected chi connectivity index (χ0v) is 14.4. The summed E-state index contributed by atoms with van der Waals surface area (Å²) in [5.41, 5.74) is 2.25. The van der Waals surface area contributed by atoms with Crippen molar-refractivity contribution in [1.82, 2.24) is 0 Å². The Kier molecular flexibility index (Phi) is 3.73. The second kappa shape index (κ2) is 5.57. The standard InChI is InChI=1S/C20H26O4/c1-11(21)24-13-4-6-14-12(9-13)3-5-15-16-7-8-18(23)20(16,2)10-17(22)19(14)15/h4,6,9,15-19,22-23H,3,5,7-8,10H2,1-2H3. The lowest BCUT2D eigenvalue weighted by Crippen LogP contribution is -2.50. The molecule has 6 atom stereocenters. The summed E-state index contributed by atoms with van der Waals surface area (Å²) < 4.78 is 5.21. The minimum atomic E-state index is -0.414.